The van der Waals surface area contributed by atoms with Crippen molar-refractivity contribution >= 4 is 29.1 Å². The lowest BCUT2D eigenvalue weighted by Crippen LogP contribution is -2.32. The summed E-state index contributed by atoms with van der Waals surface area (Å²) in [5.74, 6) is -2.57. The molecule has 1 aliphatic rings. The van der Waals surface area contributed by atoms with Crippen molar-refractivity contribution < 1.29 is 24.2 Å². The van der Waals surface area contributed by atoms with Crippen molar-refractivity contribution in [1.29, 1.82) is 0 Å². The Morgan fingerprint density at radius 3 is 2.27 bits per heavy atom. The molecule has 0 bridgehead atoms. The van der Waals surface area contributed by atoms with E-state index >= 15 is 0 Å². The van der Waals surface area contributed by atoms with E-state index in [0.29, 0.717) is 10.6 Å². The topological polar surface area (TPSA) is 77.8 Å². The molecule has 7 heteroatoms. The fourth-order valence-corrected chi connectivity index (χ4v) is 3.10. The number of ketones is 1. The van der Waals surface area contributed by atoms with E-state index in [0.717, 1.165) is 12.1 Å². The highest BCUT2D eigenvalue weighted by atomic mass is 35.5. The van der Waals surface area contributed by atoms with Crippen molar-refractivity contribution in [3.05, 3.63) is 76.1 Å². The molecule has 1 saturated heterocycles. The normalized spacial score (nSPS) is 19.2. The van der Waals surface area contributed by atoms with Crippen molar-refractivity contribution in [2.75, 3.05) is 13.2 Å². The lowest BCUT2D eigenvalue weighted by atomic mass is 9.95. The summed E-state index contributed by atoms with van der Waals surface area (Å²) in [6, 6.07) is 10.6. The largest absolute Gasteiger partial charge is 0.507 e. The third-order valence-corrected chi connectivity index (χ3v) is 4.44. The van der Waals surface area contributed by atoms with Gasteiger partial charge in [0.15, 0.2) is 0 Å². The fourth-order valence-electron chi connectivity index (χ4n) is 2.97. The van der Waals surface area contributed by atoms with Crippen LogP contribution in [0, 0.1) is 5.82 Å². The number of benzene rings is 2. The van der Waals surface area contributed by atoms with E-state index in [1.165, 1.54) is 17.0 Å². The number of hydrogen-bond acceptors (Lipinski definition) is 4. The first kappa shape index (κ1) is 18.1. The van der Waals surface area contributed by atoms with Gasteiger partial charge in [-0.25, -0.2) is 4.39 Å². The van der Waals surface area contributed by atoms with Crippen LogP contribution in [-0.4, -0.2) is 40.0 Å². The molecule has 1 amide bonds. The van der Waals surface area contributed by atoms with Crippen LogP contribution in [0.15, 0.2) is 54.1 Å². The first-order valence-electron chi connectivity index (χ1n) is 7.84. The number of aliphatic hydroxyl groups is 2. The third-order valence-electron chi connectivity index (χ3n) is 4.18. The van der Waals surface area contributed by atoms with Gasteiger partial charge in [0.1, 0.15) is 11.6 Å². The van der Waals surface area contributed by atoms with Crippen LogP contribution in [0.2, 0.25) is 5.02 Å². The number of hydrogen-bond donors (Lipinski definition) is 2. The molecule has 0 aromatic heterocycles. The van der Waals surface area contributed by atoms with E-state index in [2.05, 4.69) is 0 Å². The van der Waals surface area contributed by atoms with Gasteiger partial charge in [0.25, 0.3) is 11.7 Å². The summed E-state index contributed by atoms with van der Waals surface area (Å²) in [6.45, 7) is -0.411. The number of likely N-dealkylation sites (tertiary alicyclic amines) is 1. The highest BCUT2D eigenvalue weighted by molar-refractivity contribution is 6.46. The van der Waals surface area contributed by atoms with Gasteiger partial charge in [-0.2, -0.15) is 0 Å². The molecule has 1 atom stereocenters. The molecule has 1 aliphatic heterocycles. The van der Waals surface area contributed by atoms with Crippen molar-refractivity contribution in [3.63, 3.8) is 0 Å². The maximum atomic E-state index is 13.1. The van der Waals surface area contributed by atoms with Crippen LogP contribution < -0.4 is 0 Å². The highest BCUT2D eigenvalue weighted by Crippen LogP contribution is 2.39. The number of halogens is 2. The Hall–Kier alpha value is -2.70. The van der Waals surface area contributed by atoms with E-state index in [4.69, 9.17) is 11.6 Å². The smallest absolute Gasteiger partial charge is 0.295 e. The van der Waals surface area contributed by atoms with Gasteiger partial charge in [-0.15, -0.1) is 0 Å². The predicted molar refractivity (Wildman–Crippen MR) is 93.9 cm³/mol. The number of nitrogens with zero attached hydrogens (tertiary/aromatic N) is 1. The number of Topliss-reactive ketones (excluding diaryl/α,β-unsaturated/α-hetero) is 1. The van der Waals surface area contributed by atoms with Crippen LogP contribution in [0.5, 0.6) is 0 Å². The number of rotatable bonds is 4. The molecule has 2 aromatic rings. The molecule has 0 saturated carbocycles. The molecule has 3 rings (SSSR count). The molecule has 1 fully saturated rings. The van der Waals surface area contributed by atoms with Crippen molar-refractivity contribution in [2.45, 2.75) is 6.04 Å². The average molecular weight is 376 g/mol. The summed E-state index contributed by atoms with van der Waals surface area (Å²) < 4.78 is 13.1. The molecule has 5 nitrogen and oxygen atoms in total. The number of aliphatic hydroxyl groups excluding tert-OH is 2. The lowest BCUT2D eigenvalue weighted by molar-refractivity contribution is -0.140. The van der Waals surface area contributed by atoms with Crippen LogP contribution in [0.3, 0.4) is 0 Å². The van der Waals surface area contributed by atoms with E-state index in [1.807, 2.05) is 0 Å². The quantitative estimate of drug-likeness (QED) is 0.489. The van der Waals surface area contributed by atoms with Gasteiger partial charge in [-0.05, 0) is 42.0 Å². The second-order valence-corrected chi connectivity index (χ2v) is 6.21. The van der Waals surface area contributed by atoms with E-state index < -0.39 is 29.3 Å². The van der Waals surface area contributed by atoms with Gasteiger partial charge in [0.2, 0.25) is 0 Å². The summed E-state index contributed by atoms with van der Waals surface area (Å²) >= 11 is 5.90. The maximum absolute atomic E-state index is 13.1. The average Bonchev–Trinajstić information content (AvgIpc) is 2.88. The van der Waals surface area contributed by atoms with Gasteiger partial charge >= 0.3 is 0 Å². The van der Waals surface area contributed by atoms with Crippen molar-refractivity contribution in [2.24, 2.45) is 0 Å². The molecule has 1 heterocycles. The number of carbonyl (C=O) groups excluding carboxylic acids is 2. The Balaban J connectivity index is 2.17. The molecule has 134 valence electrons. The molecular weight excluding hydrogens is 361 g/mol. The molecule has 0 aliphatic carbocycles. The predicted octanol–water partition coefficient (Wildman–Crippen LogP) is 2.89. The van der Waals surface area contributed by atoms with E-state index in [9.17, 15) is 24.2 Å². The SMILES string of the molecule is O=C1C(=O)N(CCO)[C@H](c2ccc(Cl)cc2)C1=C(O)c1ccc(F)cc1. The van der Waals surface area contributed by atoms with Gasteiger partial charge in [0.05, 0.1) is 18.2 Å². The Morgan fingerprint density at radius 2 is 1.69 bits per heavy atom. The molecular formula is C19H15ClFNO4. The summed E-state index contributed by atoms with van der Waals surface area (Å²) in [6.07, 6.45) is 0. The summed E-state index contributed by atoms with van der Waals surface area (Å²) in [4.78, 5) is 26.1. The highest BCUT2D eigenvalue weighted by Gasteiger charge is 2.45. The minimum Gasteiger partial charge on any atom is -0.507 e. The summed E-state index contributed by atoms with van der Waals surface area (Å²) in [5, 5.41) is 20.4. The van der Waals surface area contributed by atoms with Crippen molar-refractivity contribution in [1.82, 2.24) is 4.90 Å². The first-order chi connectivity index (χ1) is 12.4. The monoisotopic (exact) mass is 375 g/mol. The number of β-amino-alcohol motifs (C(OH)–C–C–N with tert-alkyl or cyclic N) is 1. The van der Waals surface area contributed by atoms with Crippen LogP contribution in [0.25, 0.3) is 5.76 Å². The molecule has 2 aromatic carbocycles. The van der Waals surface area contributed by atoms with Crippen LogP contribution in [0.1, 0.15) is 17.2 Å². The maximum Gasteiger partial charge on any atom is 0.295 e. The van der Waals surface area contributed by atoms with Gasteiger partial charge in [-0.3, -0.25) is 9.59 Å². The lowest BCUT2D eigenvalue weighted by Gasteiger charge is -2.24. The van der Waals surface area contributed by atoms with Gasteiger partial charge in [-0.1, -0.05) is 23.7 Å². The second-order valence-electron chi connectivity index (χ2n) is 5.77. The zero-order chi connectivity index (χ0) is 18.8. The Bertz CT molecular complexity index is 877. The molecule has 0 spiro atoms. The molecule has 0 unspecified atom stereocenters. The zero-order valence-electron chi connectivity index (χ0n) is 13.5. The van der Waals surface area contributed by atoms with Gasteiger partial charge in [0, 0.05) is 17.1 Å². The second kappa shape index (κ2) is 7.27. The standard InChI is InChI=1S/C19H15ClFNO4/c20-13-5-1-11(2-6-13)16-15(18(25)19(26)22(16)9-10-23)17(24)12-3-7-14(21)8-4-12/h1-8,16,23-24H,9-10H2/t16-/m1/s1. The van der Waals surface area contributed by atoms with Gasteiger partial charge < -0.3 is 15.1 Å². The molecule has 0 radical (unpaired) electrons. The van der Waals surface area contributed by atoms with Crippen molar-refractivity contribution in [3.8, 4) is 0 Å². The Morgan fingerprint density at radius 1 is 1.08 bits per heavy atom. The van der Waals surface area contributed by atoms with E-state index in [-0.39, 0.29) is 24.3 Å². The number of amides is 1. The van der Waals surface area contributed by atoms with Crippen LogP contribution >= 0.6 is 11.6 Å². The Labute approximate surface area is 153 Å². The Kier molecular flexibility index (Phi) is 5.06. The van der Waals surface area contributed by atoms with Crippen LogP contribution in [-0.2, 0) is 9.59 Å². The summed E-state index contributed by atoms with van der Waals surface area (Å²) in [7, 11) is 0. The molecule has 2 N–H and O–H groups in total. The minimum absolute atomic E-state index is 0.0714. The summed E-state index contributed by atoms with van der Waals surface area (Å²) in [5.41, 5.74) is 0.662. The minimum atomic E-state index is -0.871. The van der Waals surface area contributed by atoms with E-state index in [1.54, 1.807) is 24.3 Å². The fraction of sp³-hybridized carbons (Fsp3) is 0.158. The van der Waals surface area contributed by atoms with Crippen LogP contribution in [0.4, 0.5) is 4.39 Å². The first-order valence-corrected chi connectivity index (χ1v) is 8.22. The number of carbonyl (C=O) groups is 2. The zero-order valence-corrected chi connectivity index (χ0v) is 14.3. The molecule has 26 heavy (non-hydrogen) atoms. The third kappa shape index (κ3) is 3.21.